The summed E-state index contributed by atoms with van der Waals surface area (Å²) in [6, 6.07) is 26.5. The molecular weight excluding hydrogens is 476 g/mol. The molecule has 0 saturated carbocycles. The van der Waals surface area contributed by atoms with Crippen LogP contribution in [0.25, 0.3) is 76.3 Å². The number of nitrogens with zero attached hydrogens (tertiary/aromatic N) is 6. The Hall–Kier alpha value is -6.22. The molecule has 0 unspecified atom stereocenters. The van der Waals surface area contributed by atoms with Crippen molar-refractivity contribution in [3.8, 4) is 34.4 Å². The lowest BCUT2D eigenvalue weighted by molar-refractivity contribution is 0.559. The molecule has 0 aliphatic carbocycles. The summed E-state index contributed by atoms with van der Waals surface area (Å²) in [7, 11) is 0. The van der Waals surface area contributed by atoms with Gasteiger partial charge in [-0.2, -0.15) is 0 Å². The maximum Gasteiger partial charge on any atom is 0.322 e. The molecular formula is C30H12N6O2. The first-order chi connectivity index (χ1) is 18.7. The zero-order chi connectivity index (χ0) is 26.2. The first kappa shape index (κ1) is 22.3. The van der Waals surface area contributed by atoms with E-state index in [-0.39, 0.29) is 22.5 Å². The lowest BCUT2D eigenvalue weighted by atomic mass is 9.95. The van der Waals surface area contributed by atoms with Crippen LogP contribution in [0.1, 0.15) is 0 Å². The van der Waals surface area contributed by atoms with Gasteiger partial charge in [-0.15, -0.1) is 0 Å². The van der Waals surface area contributed by atoms with Crippen molar-refractivity contribution >= 4 is 44.4 Å². The molecule has 0 saturated heterocycles. The third-order valence-corrected chi connectivity index (χ3v) is 6.13. The molecule has 8 nitrogen and oxygen atoms in total. The molecule has 8 heteroatoms. The molecule has 6 rings (SSSR count). The highest BCUT2D eigenvalue weighted by molar-refractivity contribution is 6.19. The van der Waals surface area contributed by atoms with E-state index in [9.17, 15) is 10.5 Å². The number of rotatable bonds is 2. The third kappa shape index (κ3) is 3.35. The minimum absolute atomic E-state index is 0.0742. The van der Waals surface area contributed by atoms with Gasteiger partial charge in [0.05, 0.1) is 25.3 Å². The fourth-order valence-electron chi connectivity index (χ4n) is 4.45. The number of benzene rings is 4. The van der Waals surface area contributed by atoms with Gasteiger partial charge in [0, 0.05) is 21.9 Å². The maximum atomic E-state index is 9.46. The van der Waals surface area contributed by atoms with Crippen LogP contribution < -0.4 is 11.1 Å². The lowest BCUT2D eigenvalue weighted by Crippen LogP contribution is -2.02. The largest absolute Gasteiger partial charge is 0.445 e. The van der Waals surface area contributed by atoms with Gasteiger partial charge in [-0.25, -0.2) is 30.2 Å². The first-order valence-electron chi connectivity index (χ1n) is 11.3. The topological polar surface area (TPSA) is 108 Å². The average Bonchev–Trinajstić information content (AvgIpc) is 3.60. The molecule has 0 amide bonds. The second-order valence-electron chi connectivity index (χ2n) is 8.21. The molecule has 6 aromatic rings. The monoisotopic (exact) mass is 488 g/mol. The smallest absolute Gasteiger partial charge is 0.322 e. The zero-order valence-electron chi connectivity index (χ0n) is 19.4. The third-order valence-electron chi connectivity index (χ3n) is 6.13. The van der Waals surface area contributed by atoms with E-state index in [0.717, 1.165) is 11.1 Å². The first-order valence-corrected chi connectivity index (χ1v) is 11.3. The van der Waals surface area contributed by atoms with Gasteiger partial charge in [-0.3, -0.25) is 0 Å². The fraction of sp³-hybridized carbons (Fsp3) is 0. The molecule has 2 aromatic heterocycles. The Morgan fingerprint density at radius 2 is 1.05 bits per heavy atom. The summed E-state index contributed by atoms with van der Waals surface area (Å²) in [5.74, 6) is 0. The highest BCUT2D eigenvalue weighted by atomic mass is 16.3. The van der Waals surface area contributed by atoms with Crippen molar-refractivity contribution in [2.24, 2.45) is 0 Å². The molecule has 0 aliphatic rings. The van der Waals surface area contributed by atoms with Gasteiger partial charge in [0.2, 0.25) is 11.1 Å². The van der Waals surface area contributed by atoms with E-state index in [4.69, 9.17) is 22.0 Å². The summed E-state index contributed by atoms with van der Waals surface area (Å²) in [4.78, 5) is 15.6. The lowest BCUT2D eigenvalue weighted by Gasteiger charge is -2.09. The number of oxazole rings is 2. The molecule has 38 heavy (non-hydrogen) atoms. The van der Waals surface area contributed by atoms with E-state index < -0.39 is 0 Å². The minimum atomic E-state index is -0.259. The zero-order valence-corrected chi connectivity index (χ0v) is 19.4. The highest BCUT2D eigenvalue weighted by Gasteiger charge is 2.21. The van der Waals surface area contributed by atoms with Crippen LogP contribution in [-0.2, 0) is 0 Å². The summed E-state index contributed by atoms with van der Waals surface area (Å²) >= 11 is 0. The summed E-state index contributed by atoms with van der Waals surface area (Å²) in [5, 5.41) is 20.2. The normalized spacial score (nSPS) is 12.4. The fourth-order valence-corrected chi connectivity index (χ4v) is 4.45. The van der Waals surface area contributed by atoms with Gasteiger partial charge in [-0.05, 0) is 23.3 Å². The van der Waals surface area contributed by atoms with Gasteiger partial charge in [-0.1, -0.05) is 60.7 Å². The van der Waals surface area contributed by atoms with Crippen LogP contribution in [0.5, 0.6) is 0 Å². The molecule has 2 heterocycles. The van der Waals surface area contributed by atoms with Gasteiger partial charge >= 0.3 is 11.4 Å². The molecule has 0 N–H and O–H groups in total. The van der Waals surface area contributed by atoms with Gasteiger partial charge in [0.15, 0.2) is 11.2 Å². The Labute approximate surface area is 214 Å². The van der Waals surface area contributed by atoms with Crippen LogP contribution in [0, 0.1) is 35.8 Å². The second kappa shape index (κ2) is 8.77. The van der Waals surface area contributed by atoms with E-state index in [0.29, 0.717) is 44.1 Å². The molecule has 0 fully saturated rings. The molecule has 0 radical (unpaired) electrons. The molecule has 4 aromatic carbocycles. The van der Waals surface area contributed by atoms with Crippen molar-refractivity contribution in [1.29, 1.82) is 10.5 Å². The number of fused-ring (bicyclic) bond motifs is 5. The van der Waals surface area contributed by atoms with Gasteiger partial charge in [0.1, 0.15) is 11.0 Å². The molecule has 0 atom stereocenters. The van der Waals surface area contributed by atoms with E-state index in [1.54, 1.807) is 0 Å². The summed E-state index contributed by atoms with van der Waals surface area (Å²) in [6.07, 6.45) is 0. The van der Waals surface area contributed by atoms with Crippen LogP contribution in [0.4, 0.5) is 0 Å². The quantitative estimate of drug-likeness (QED) is 0.295. The molecule has 0 spiro atoms. The van der Waals surface area contributed by atoms with E-state index >= 15 is 0 Å². The van der Waals surface area contributed by atoms with Crippen LogP contribution in [-0.4, -0.2) is 9.97 Å². The number of nitriles is 2. The number of hydrogen-bond acceptors (Lipinski definition) is 6. The van der Waals surface area contributed by atoms with Crippen LogP contribution in [0.3, 0.4) is 0 Å². The van der Waals surface area contributed by atoms with Crippen LogP contribution >= 0.6 is 0 Å². The van der Waals surface area contributed by atoms with Crippen LogP contribution in [0.2, 0.25) is 0 Å². The maximum absolute atomic E-state index is 9.46. The Morgan fingerprint density at radius 1 is 0.658 bits per heavy atom. The number of aromatic nitrogens is 2. The average molecular weight is 488 g/mol. The van der Waals surface area contributed by atoms with Crippen LogP contribution in [0.15, 0.2) is 81.6 Å². The Balaban J connectivity index is 1.89. The standard InChI is InChI=1S/C30H12N6O2/c1-33-23(15-31)29-35-25-19(17-9-5-3-6-10-17)13-22-21(27(25)37-29)14-20(18-11-7-4-8-12-18)26-28(22)38-30(36-26)24(16-32)34-2/h3-14H/b29-23-,30-24+. The van der Waals surface area contributed by atoms with Crippen molar-refractivity contribution in [3.63, 3.8) is 0 Å². The molecule has 0 bridgehead atoms. The highest BCUT2D eigenvalue weighted by Crippen LogP contribution is 2.40. The predicted molar refractivity (Wildman–Crippen MR) is 140 cm³/mol. The Kier molecular flexibility index (Phi) is 5.14. The number of hydrogen-bond donors (Lipinski definition) is 0. The molecule has 0 aliphatic heterocycles. The van der Waals surface area contributed by atoms with Crippen molar-refractivity contribution in [2.45, 2.75) is 0 Å². The van der Waals surface area contributed by atoms with Gasteiger partial charge < -0.3 is 8.83 Å². The van der Waals surface area contributed by atoms with Crippen molar-refractivity contribution in [1.82, 2.24) is 9.97 Å². The minimum Gasteiger partial charge on any atom is -0.445 e. The summed E-state index contributed by atoms with van der Waals surface area (Å²) in [5.41, 5.74) is 4.13. The van der Waals surface area contributed by atoms with Gasteiger partial charge in [0.25, 0.3) is 0 Å². The summed E-state index contributed by atoms with van der Waals surface area (Å²) < 4.78 is 12.1. The second-order valence-corrected chi connectivity index (χ2v) is 8.21. The Morgan fingerprint density at radius 3 is 1.39 bits per heavy atom. The Bertz CT molecular complexity index is 2020. The van der Waals surface area contributed by atoms with E-state index in [1.165, 1.54) is 0 Å². The predicted octanol–water partition coefficient (Wildman–Crippen LogP) is 5.56. The van der Waals surface area contributed by atoms with Crippen molar-refractivity contribution in [3.05, 3.63) is 107 Å². The van der Waals surface area contributed by atoms with E-state index in [2.05, 4.69) is 19.7 Å². The van der Waals surface area contributed by atoms with Crippen molar-refractivity contribution in [2.75, 3.05) is 0 Å². The van der Waals surface area contributed by atoms with E-state index in [1.807, 2.05) is 84.9 Å². The van der Waals surface area contributed by atoms with Crippen molar-refractivity contribution < 1.29 is 8.83 Å². The molecule has 174 valence electrons. The summed E-state index contributed by atoms with van der Waals surface area (Å²) in [6.45, 7) is 14.7. The SMILES string of the molecule is [C-]#[N+]/C(C#N)=c1/nc2c(-c3ccccc3)cc3c(cc(-c4ccccc4)c4n/c(=C(/C#N)[N+]#[C-])oc43)c2o1.